The Morgan fingerprint density at radius 1 is 1.14 bits per heavy atom. The van der Waals surface area contributed by atoms with Crippen molar-refractivity contribution >= 4 is 22.8 Å². The van der Waals surface area contributed by atoms with Gasteiger partial charge in [-0.2, -0.15) is 0 Å². The van der Waals surface area contributed by atoms with Crippen molar-refractivity contribution in [2.45, 2.75) is 38.5 Å². The van der Waals surface area contributed by atoms with E-state index in [-0.39, 0.29) is 17.1 Å². The van der Waals surface area contributed by atoms with E-state index < -0.39 is 17.5 Å². The summed E-state index contributed by atoms with van der Waals surface area (Å²) in [5.41, 5.74) is 6.17. The van der Waals surface area contributed by atoms with Gasteiger partial charge in [-0.1, -0.05) is 38.5 Å². The lowest BCUT2D eigenvalue weighted by molar-refractivity contribution is 0.1000. The number of carbonyl (C=O) groups excluding carboxylic acids is 1. The average molecular weight is 387 g/mol. The van der Waals surface area contributed by atoms with Gasteiger partial charge in [0.05, 0.1) is 17.5 Å². The molecule has 0 aromatic carbocycles. The lowest BCUT2D eigenvalue weighted by atomic mass is 10.0. The SMILES string of the molecule is C1CCCCC1.CNc1nc(-c2c[nH]c3ncc(F)cc23)c(C(N)=O)cc1F. The Labute approximate surface area is 161 Å². The van der Waals surface area contributed by atoms with Crippen LogP contribution >= 0.6 is 0 Å². The number of pyridine rings is 2. The van der Waals surface area contributed by atoms with Gasteiger partial charge in [-0.05, 0) is 12.1 Å². The van der Waals surface area contributed by atoms with E-state index in [4.69, 9.17) is 5.73 Å². The standard InChI is InChI=1S/C14H11F2N5O.C6H12/c1-18-14-10(16)3-8(12(17)22)11(21-14)9-5-20-13-7(9)2-6(15)4-19-13;1-2-4-6-5-3-1/h2-5H,1H3,(H2,17,22)(H,18,21)(H,19,20);1-6H2. The number of aromatic nitrogens is 3. The van der Waals surface area contributed by atoms with Crippen molar-refractivity contribution in [3.63, 3.8) is 0 Å². The first-order chi connectivity index (χ1) is 13.5. The van der Waals surface area contributed by atoms with Gasteiger partial charge < -0.3 is 16.0 Å². The van der Waals surface area contributed by atoms with E-state index in [9.17, 15) is 13.6 Å². The fourth-order valence-corrected chi connectivity index (χ4v) is 3.29. The molecule has 0 radical (unpaired) electrons. The summed E-state index contributed by atoms with van der Waals surface area (Å²) in [6, 6.07) is 2.26. The van der Waals surface area contributed by atoms with Crippen molar-refractivity contribution in [1.29, 1.82) is 0 Å². The number of fused-ring (bicyclic) bond motifs is 1. The third-order valence-corrected chi connectivity index (χ3v) is 4.73. The zero-order chi connectivity index (χ0) is 20.1. The van der Waals surface area contributed by atoms with Gasteiger partial charge in [0.25, 0.3) is 5.91 Å². The smallest absolute Gasteiger partial charge is 0.251 e. The molecule has 1 aliphatic carbocycles. The Bertz CT molecular complexity index is 971. The first-order valence-electron chi connectivity index (χ1n) is 9.32. The zero-order valence-electron chi connectivity index (χ0n) is 15.7. The molecular weight excluding hydrogens is 364 g/mol. The molecule has 1 saturated carbocycles. The number of H-pyrrole nitrogens is 1. The Morgan fingerprint density at radius 3 is 2.36 bits per heavy atom. The highest BCUT2D eigenvalue weighted by Crippen LogP contribution is 2.31. The Morgan fingerprint density at radius 2 is 1.79 bits per heavy atom. The minimum Gasteiger partial charge on any atom is -0.371 e. The highest BCUT2D eigenvalue weighted by molar-refractivity contribution is 6.03. The van der Waals surface area contributed by atoms with Gasteiger partial charge in [-0.15, -0.1) is 0 Å². The second-order valence-electron chi connectivity index (χ2n) is 6.70. The van der Waals surface area contributed by atoms with Crippen LogP contribution in [0.3, 0.4) is 0 Å². The number of halogens is 2. The van der Waals surface area contributed by atoms with Crippen molar-refractivity contribution < 1.29 is 13.6 Å². The predicted octanol–water partition coefficient (Wildman–Crippen LogP) is 4.38. The molecule has 0 saturated heterocycles. The number of hydrogen-bond donors (Lipinski definition) is 3. The maximum atomic E-state index is 13.8. The average Bonchev–Trinajstić information content (AvgIpc) is 3.12. The van der Waals surface area contributed by atoms with Gasteiger partial charge in [-0.3, -0.25) is 4.79 Å². The van der Waals surface area contributed by atoms with Crippen LogP contribution in [0.4, 0.5) is 14.6 Å². The van der Waals surface area contributed by atoms with Crippen molar-refractivity contribution in [3.8, 4) is 11.3 Å². The molecule has 0 spiro atoms. The second-order valence-corrected chi connectivity index (χ2v) is 6.70. The molecular formula is C20H23F2N5O. The fourth-order valence-electron chi connectivity index (χ4n) is 3.29. The molecule has 148 valence electrons. The molecule has 6 nitrogen and oxygen atoms in total. The van der Waals surface area contributed by atoms with Gasteiger partial charge in [0.15, 0.2) is 11.6 Å². The van der Waals surface area contributed by atoms with Gasteiger partial charge in [0.1, 0.15) is 11.5 Å². The maximum absolute atomic E-state index is 13.8. The summed E-state index contributed by atoms with van der Waals surface area (Å²) in [7, 11) is 1.50. The predicted molar refractivity (Wildman–Crippen MR) is 105 cm³/mol. The summed E-state index contributed by atoms with van der Waals surface area (Å²) in [6.07, 6.45) is 11.6. The highest BCUT2D eigenvalue weighted by atomic mass is 19.1. The van der Waals surface area contributed by atoms with Crippen LogP contribution in [0, 0.1) is 11.6 Å². The molecule has 4 rings (SSSR count). The summed E-state index contributed by atoms with van der Waals surface area (Å²) >= 11 is 0. The topological polar surface area (TPSA) is 96.7 Å². The molecule has 0 aliphatic heterocycles. The number of amides is 1. The normalized spacial score (nSPS) is 13.7. The van der Waals surface area contributed by atoms with Crippen LogP contribution < -0.4 is 11.1 Å². The molecule has 1 aliphatic rings. The van der Waals surface area contributed by atoms with Crippen molar-refractivity contribution in [3.05, 3.63) is 41.7 Å². The van der Waals surface area contributed by atoms with E-state index >= 15 is 0 Å². The van der Waals surface area contributed by atoms with Crippen LogP contribution in [-0.4, -0.2) is 27.9 Å². The minimum absolute atomic E-state index is 0.0429. The fraction of sp³-hybridized carbons (Fsp3) is 0.350. The number of primary amides is 1. The molecule has 4 N–H and O–H groups in total. The van der Waals surface area contributed by atoms with Gasteiger partial charge in [0.2, 0.25) is 0 Å². The van der Waals surface area contributed by atoms with Gasteiger partial charge in [-0.25, -0.2) is 18.7 Å². The number of nitrogens with two attached hydrogens (primary N) is 1. The molecule has 1 amide bonds. The first kappa shape index (κ1) is 19.7. The van der Waals surface area contributed by atoms with Crippen LogP contribution in [0.1, 0.15) is 48.9 Å². The maximum Gasteiger partial charge on any atom is 0.251 e. The Kier molecular flexibility index (Phi) is 6.18. The molecule has 3 aromatic rings. The lowest BCUT2D eigenvalue weighted by Crippen LogP contribution is -2.14. The summed E-state index contributed by atoms with van der Waals surface area (Å²) in [5.74, 6) is -2.12. The summed E-state index contributed by atoms with van der Waals surface area (Å²) in [4.78, 5) is 22.4. The molecule has 0 atom stereocenters. The van der Waals surface area contributed by atoms with E-state index in [1.54, 1.807) is 0 Å². The number of nitrogens with zero attached hydrogens (tertiary/aromatic N) is 2. The Balaban J connectivity index is 0.000000320. The molecule has 0 unspecified atom stereocenters. The van der Waals surface area contributed by atoms with E-state index in [1.165, 1.54) is 57.8 Å². The molecule has 28 heavy (non-hydrogen) atoms. The van der Waals surface area contributed by atoms with Crippen LogP contribution in [0.25, 0.3) is 22.3 Å². The van der Waals surface area contributed by atoms with Crippen LogP contribution in [0.5, 0.6) is 0 Å². The van der Waals surface area contributed by atoms with E-state index in [1.807, 2.05) is 0 Å². The molecule has 1 fully saturated rings. The van der Waals surface area contributed by atoms with Crippen LogP contribution in [0.15, 0.2) is 24.5 Å². The largest absolute Gasteiger partial charge is 0.371 e. The number of hydrogen-bond acceptors (Lipinski definition) is 4. The number of nitrogens with one attached hydrogen (secondary N) is 2. The summed E-state index contributed by atoms with van der Waals surface area (Å²) in [6.45, 7) is 0. The minimum atomic E-state index is -0.831. The number of rotatable bonds is 3. The van der Waals surface area contributed by atoms with E-state index in [0.717, 1.165) is 12.3 Å². The van der Waals surface area contributed by atoms with E-state index in [0.29, 0.717) is 16.6 Å². The first-order valence-corrected chi connectivity index (χ1v) is 9.32. The van der Waals surface area contributed by atoms with Crippen LogP contribution in [-0.2, 0) is 0 Å². The van der Waals surface area contributed by atoms with E-state index in [2.05, 4.69) is 20.3 Å². The molecule has 0 bridgehead atoms. The van der Waals surface area contributed by atoms with Crippen LogP contribution in [0.2, 0.25) is 0 Å². The second kappa shape index (κ2) is 8.77. The van der Waals surface area contributed by atoms with Gasteiger partial charge in [0, 0.05) is 24.2 Å². The molecule has 3 heterocycles. The Hall–Kier alpha value is -3.03. The number of aromatic amines is 1. The zero-order valence-corrected chi connectivity index (χ0v) is 15.7. The third-order valence-electron chi connectivity index (χ3n) is 4.73. The number of anilines is 1. The quantitative estimate of drug-likeness (QED) is 0.621. The molecule has 8 heteroatoms. The van der Waals surface area contributed by atoms with Crippen molar-refractivity contribution in [1.82, 2.24) is 15.0 Å². The third kappa shape index (κ3) is 4.27. The number of carbonyl (C=O) groups is 1. The molecule has 3 aromatic heterocycles. The van der Waals surface area contributed by atoms with Crippen molar-refractivity contribution in [2.75, 3.05) is 12.4 Å². The monoisotopic (exact) mass is 387 g/mol. The highest BCUT2D eigenvalue weighted by Gasteiger charge is 2.19. The lowest BCUT2D eigenvalue weighted by Gasteiger charge is -2.09. The van der Waals surface area contributed by atoms with Gasteiger partial charge >= 0.3 is 0 Å². The summed E-state index contributed by atoms with van der Waals surface area (Å²) in [5, 5.41) is 3.01. The summed E-state index contributed by atoms with van der Waals surface area (Å²) < 4.78 is 27.2. The van der Waals surface area contributed by atoms with Crippen molar-refractivity contribution in [2.24, 2.45) is 5.73 Å².